The van der Waals surface area contributed by atoms with Crippen molar-refractivity contribution in [3.8, 4) is 0 Å². The molecular formula is C16H9F6N3OS. The highest BCUT2D eigenvalue weighted by molar-refractivity contribution is 8.16. The zero-order chi connectivity index (χ0) is 19.9. The first-order valence-corrected chi connectivity index (χ1v) is 8.10. The minimum atomic E-state index is -5.04. The molecule has 0 saturated carbocycles. The van der Waals surface area contributed by atoms with E-state index in [0.29, 0.717) is 0 Å². The van der Waals surface area contributed by atoms with Crippen molar-refractivity contribution in [2.24, 2.45) is 4.99 Å². The molecule has 3 rings (SSSR count). The minimum absolute atomic E-state index is 0.00965. The van der Waals surface area contributed by atoms with Gasteiger partial charge in [-0.05, 0) is 29.8 Å². The van der Waals surface area contributed by atoms with Gasteiger partial charge in [-0.3, -0.25) is 9.78 Å². The smallest absolute Gasteiger partial charge is 0.334 e. The van der Waals surface area contributed by atoms with Crippen molar-refractivity contribution in [2.45, 2.75) is 17.1 Å². The summed E-state index contributed by atoms with van der Waals surface area (Å²) in [4.78, 5) is 19.2. The molecule has 0 aliphatic carbocycles. The van der Waals surface area contributed by atoms with Crippen molar-refractivity contribution in [1.29, 1.82) is 0 Å². The zero-order valence-electron chi connectivity index (χ0n) is 13.1. The van der Waals surface area contributed by atoms with Crippen LogP contribution in [0, 0.1) is 0 Å². The molecule has 0 spiro atoms. The molecule has 2 heterocycles. The van der Waals surface area contributed by atoms with Gasteiger partial charge in [0.2, 0.25) is 4.75 Å². The highest BCUT2D eigenvalue weighted by Gasteiger charge is 2.65. The number of hydrogen-bond donors (Lipinski definition) is 1. The van der Waals surface area contributed by atoms with Crippen molar-refractivity contribution < 1.29 is 31.1 Å². The van der Waals surface area contributed by atoms with Crippen LogP contribution in [0.5, 0.6) is 0 Å². The van der Waals surface area contributed by atoms with E-state index in [1.807, 2.05) is 0 Å². The number of hydrogen-bond acceptors (Lipinski definition) is 4. The first-order valence-electron chi connectivity index (χ1n) is 7.28. The van der Waals surface area contributed by atoms with Crippen molar-refractivity contribution in [3.05, 3.63) is 59.9 Å². The van der Waals surface area contributed by atoms with Crippen molar-refractivity contribution >= 4 is 28.5 Å². The quantitative estimate of drug-likeness (QED) is 0.742. The molecule has 1 aliphatic rings. The largest absolute Gasteiger partial charge is 0.418 e. The molecule has 27 heavy (non-hydrogen) atoms. The van der Waals surface area contributed by atoms with E-state index in [2.05, 4.69) is 15.3 Å². The molecule has 1 aliphatic heterocycles. The number of aliphatic imine (C=N–C) groups is 1. The monoisotopic (exact) mass is 405 g/mol. The predicted molar refractivity (Wildman–Crippen MR) is 87.1 cm³/mol. The molecule has 142 valence electrons. The summed E-state index contributed by atoms with van der Waals surface area (Å²) in [6.07, 6.45) is -7.60. The van der Waals surface area contributed by atoms with Crippen LogP contribution >= 0.6 is 11.8 Å². The average Bonchev–Trinajstić information content (AvgIpc) is 2.92. The van der Waals surface area contributed by atoms with E-state index in [0.717, 1.165) is 42.7 Å². The van der Waals surface area contributed by atoms with Gasteiger partial charge in [0.25, 0.3) is 5.91 Å². The van der Waals surface area contributed by atoms with Crippen LogP contribution in [-0.2, 0) is 15.7 Å². The molecule has 1 unspecified atom stereocenters. The Morgan fingerprint density at radius 2 is 1.59 bits per heavy atom. The summed E-state index contributed by atoms with van der Waals surface area (Å²) in [6.45, 7) is 0. The molecule has 1 atom stereocenters. The molecule has 0 bridgehead atoms. The third kappa shape index (κ3) is 3.38. The van der Waals surface area contributed by atoms with Gasteiger partial charge in [0, 0.05) is 12.4 Å². The molecule has 1 N–H and O–H groups in total. The lowest BCUT2D eigenvalue weighted by Gasteiger charge is -2.28. The lowest BCUT2D eigenvalue weighted by molar-refractivity contribution is -0.170. The number of carbonyl (C=O) groups excluding carboxylic acids is 1. The summed E-state index contributed by atoms with van der Waals surface area (Å²) in [5.74, 6) is -1.53. The molecule has 2 aromatic rings. The molecule has 1 aromatic carbocycles. The number of thioether (sulfide) groups is 1. The normalized spacial score (nSPS) is 20.5. The standard InChI is InChI=1S/C16H9F6N3OS/c17-15(18,19)10-3-1-2-4-11(10)24-13-25-12(26)14(27-13,16(20,21)22)9-5-7-23-8-6-9/h1-8H,(H,24,25,26). The Bertz CT molecular complexity index is 897. The summed E-state index contributed by atoms with van der Waals surface area (Å²) in [5.41, 5.74) is -2.00. The maximum atomic E-state index is 13.8. The van der Waals surface area contributed by atoms with Crippen LogP contribution < -0.4 is 5.32 Å². The number of anilines is 1. The SMILES string of the molecule is O=C1N=C(Nc2ccccc2C(F)(F)F)SC1(c1ccncc1)C(F)(F)F. The Balaban J connectivity index is 1.99. The first kappa shape index (κ1) is 19.2. The summed E-state index contributed by atoms with van der Waals surface area (Å²) in [6, 6.07) is 6.25. The third-order valence-corrected chi connectivity index (χ3v) is 5.05. The van der Waals surface area contributed by atoms with E-state index >= 15 is 0 Å². The lowest BCUT2D eigenvalue weighted by atomic mass is 9.98. The van der Waals surface area contributed by atoms with E-state index in [-0.39, 0.29) is 11.8 Å². The van der Waals surface area contributed by atoms with Crippen molar-refractivity contribution in [3.63, 3.8) is 0 Å². The summed E-state index contributed by atoms with van der Waals surface area (Å²) in [7, 11) is 0. The van der Waals surface area contributed by atoms with Gasteiger partial charge in [-0.2, -0.15) is 31.3 Å². The number of carbonyl (C=O) groups is 1. The molecule has 1 aromatic heterocycles. The Labute approximate surface area is 152 Å². The van der Waals surface area contributed by atoms with Gasteiger partial charge in [0.05, 0.1) is 11.3 Å². The van der Waals surface area contributed by atoms with Gasteiger partial charge < -0.3 is 5.32 Å². The number of alkyl halides is 6. The highest BCUT2D eigenvalue weighted by Crippen LogP contribution is 2.54. The fourth-order valence-electron chi connectivity index (χ4n) is 2.50. The van der Waals surface area contributed by atoms with E-state index in [1.54, 1.807) is 0 Å². The predicted octanol–water partition coefficient (Wildman–Crippen LogP) is 4.60. The topological polar surface area (TPSA) is 54.4 Å². The molecule has 11 heteroatoms. The van der Waals surface area contributed by atoms with Crippen LogP contribution in [0.3, 0.4) is 0 Å². The van der Waals surface area contributed by atoms with Gasteiger partial charge in [-0.25, -0.2) is 0 Å². The number of pyridine rings is 1. The van der Waals surface area contributed by atoms with Gasteiger partial charge in [0.1, 0.15) is 0 Å². The van der Waals surface area contributed by atoms with E-state index in [9.17, 15) is 31.1 Å². The van der Waals surface area contributed by atoms with E-state index in [4.69, 9.17) is 0 Å². The number of nitrogens with one attached hydrogen (secondary N) is 1. The van der Waals surface area contributed by atoms with Crippen LogP contribution in [0.1, 0.15) is 11.1 Å². The molecule has 1 amide bonds. The summed E-state index contributed by atoms with van der Waals surface area (Å²) < 4.78 is 77.5. The molecule has 0 radical (unpaired) electrons. The van der Waals surface area contributed by atoms with Crippen LogP contribution in [0.4, 0.5) is 32.0 Å². The zero-order valence-corrected chi connectivity index (χ0v) is 13.9. The lowest BCUT2D eigenvalue weighted by Crippen LogP contribution is -2.44. The van der Waals surface area contributed by atoms with Gasteiger partial charge in [-0.1, -0.05) is 23.9 Å². The second-order valence-corrected chi connectivity index (χ2v) is 6.61. The number of halogens is 6. The van der Waals surface area contributed by atoms with Gasteiger partial charge >= 0.3 is 12.4 Å². The summed E-state index contributed by atoms with van der Waals surface area (Å²) >= 11 is 0.00965. The molecule has 0 saturated heterocycles. The first-order chi connectivity index (χ1) is 12.6. The Morgan fingerprint density at radius 1 is 0.963 bits per heavy atom. The minimum Gasteiger partial charge on any atom is -0.334 e. The fourth-order valence-corrected chi connectivity index (χ4v) is 3.58. The summed E-state index contributed by atoms with van der Waals surface area (Å²) in [5, 5.41) is 1.62. The number of aromatic nitrogens is 1. The number of benzene rings is 1. The molecule has 0 fully saturated rings. The highest BCUT2D eigenvalue weighted by atomic mass is 32.2. The number of amides is 1. The maximum absolute atomic E-state index is 13.8. The van der Waals surface area contributed by atoms with Crippen molar-refractivity contribution in [2.75, 3.05) is 5.32 Å². The van der Waals surface area contributed by atoms with Crippen LogP contribution in [-0.4, -0.2) is 22.2 Å². The van der Waals surface area contributed by atoms with E-state index < -0.39 is 45.0 Å². The van der Waals surface area contributed by atoms with Gasteiger partial charge in [-0.15, -0.1) is 0 Å². The number of amidine groups is 1. The molecular weight excluding hydrogens is 396 g/mol. The Kier molecular flexibility index (Phi) is 4.66. The number of nitrogens with zero attached hydrogens (tertiary/aromatic N) is 2. The van der Waals surface area contributed by atoms with Gasteiger partial charge in [0.15, 0.2) is 5.17 Å². The molecule has 4 nitrogen and oxygen atoms in total. The van der Waals surface area contributed by atoms with Crippen LogP contribution in [0.2, 0.25) is 0 Å². The number of para-hydroxylation sites is 1. The maximum Gasteiger partial charge on any atom is 0.418 e. The third-order valence-electron chi connectivity index (χ3n) is 3.71. The Hall–Kier alpha value is -2.56. The Morgan fingerprint density at radius 3 is 2.19 bits per heavy atom. The second-order valence-electron chi connectivity index (χ2n) is 5.41. The van der Waals surface area contributed by atoms with Crippen molar-refractivity contribution in [1.82, 2.24) is 4.98 Å². The van der Waals surface area contributed by atoms with Crippen LogP contribution in [0.25, 0.3) is 0 Å². The van der Waals surface area contributed by atoms with Crippen LogP contribution in [0.15, 0.2) is 53.8 Å². The fraction of sp³-hybridized carbons (Fsp3) is 0.188. The number of rotatable bonds is 2. The van der Waals surface area contributed by atoms with E-state index in [1.165, 1.54) is 6.07 Å². The second kappa shape index (κ2) is 6.55. The average molecular weight is 405 g/mol.